The van der Waals surface area contributed by atoms with Crippen molar-refractivity contribution in [3.63, 3.8) is 0 Å². The molecule has 66 valence electrons. The summed E-state index contributed by atoms with van der Waals surface area (Å²) in [7, 11) is 1.91. The lowest BCUT2D eigenvalue weighted by Crippen LogP contribution is -2.01. The molecule has 1 aromatic heterocycles. The predicted octanol–water partition coefficient (Wildman–Crippen LogP) is 0.431. The Hall–Kier alpha value is -0.900. The Balaban J connectivity index is 2.27. The van der Waals surface area contributed by atoms with E-state index in [2.05, 4.69) is 17.1 Å². The van der Waals surface area contributed by atoms with Gasteiger partial charge in [0.25, 0.3) is 0 Å². The quantitative estimate of drug-likeness (QED) is 0.695. The lowest BCUT2D eigenvalue weighted by molar-refractivity contribution is 0.266. The van der Waals surface area contributed by atoms with Crippen molar-refractivity contribution in [2.24, 2.45) is 13.0 Å². The minimum absolute atomic E-state index is 0.0232. The smallest absolute Gasteiger partial charge is 0.158 e. The van der Waals surface area contributed by atoms with Gasteiger partial charge in [0, 0.05) is 13.0 Å². The van der Waals surface area contributed by atoms with E-state index >= 15 is 0 Å². The third kappa shape index (κ3) is 1.03. The highest BCUT2D eigenvalue weighted by atomic mass is 16.3. The van der Waals surface area contributed by atoms with Crippen LogP contribution in [0, 0.1) is 5.92 Å². The van der Waals surface area contributed by atoms with Crippen molar-refractivity contribution in [2.75, 3.05) is 0 Å². The van der Waals surface area contributed by atoms with Crippen LogP contribution >= 0.6 is 0 Å². The van der Waals surface area contributed by atoms with E-state index in [1.165, 1.54) is 6.42 Å². The lowest BCUT2D eigenvalue weighted by atomic mass is 10.3. The number of aliphatic hydroxyl groups excluding tert-OH is 1. The highest BCUT2D eigenvalue weighted by Gasteiger charge is 2.38. The molecule has 2 rings (SSSR count). The van der Waals surface area contributed by atoms with Gasteiger partial charge in [-0.2, -0.15) is 0 Å². The van der Waals surface area contributed by atoms with Crippen LogP contribution in [0.2, 0.25) is 0 Å². The van der Waals surface area contributed by atoms with E-state index in [-0.39, 0.29) is 6.61 Å². The average molecular weight is 167 g/mol. The second-order valence-electron chi connectivity index (χ2n) is 3.51. The Labute approximate surface area is 71.2 Å². The maximum absolute atomic E-state index is 8.88. The van der Waals surface area contributed by atoms with Gasteiger partial charge in [-0.15, -0.1) is 10.2 Å². The van der Waals surface area contributed by atoms with Crippen molar-refractivity contribution >= 4 is 0 Å². The standard InChI is InChI=1S/C8H13N3O/c1-5-3-6(5)8-10-9-7(4-12)11(8)2/h5-6,12H,3-4H2,1-2H3. The topological polar surface area (TPSA) is 50.9 Å². The molecule has 2 unspecified atom stereocenters. The molecule has 1 aromatic rings. The van der Waals surface area contributed by atoms with Crippen LogP contribution in [0.5, 0.6) is 0 Å². The number of aromatic nitrogens is 3. The summed E-state index contributed by atoms with van der Waals surface area (Å²) in [6, 6.07) is 0. The van der Waals surface area contributed by atoms with Crippen molar-refractivity contribution < 1.29 is 5.11 Å². The maximum atomic E-state index is 8.88. The molecule has 0 spiro atoms. The highest BCUT2D eigenvalue weighted by Crippen LogP contribution is 2.45. The molecule has 0 aromatic carbocycles. The highest BCUT2D eigenvalue weighted by molar-refractivity contribution is 5.10. The van der Waals surface area contributed by atoms with Gasteiger partial charge in [-0.05, 0) is 12.3 Å². The summed E-state index contributed by atoms with van der Waals surface area (Å²) in [5.74, 6) is 2.98. The van der Waals surface area contributed by atoms with Crippen LogP contribution in [-0.4, -0.2) is 19.9 Å². The summed E-state index contributed by atoms with van der Waals surface area (Å²) in [5, 5.41) is 16.8. The molecular formula is C8H13N3O. The minimum atomic E-state index is -0.0232. The van der Waals surface area contributed by atoms with Gasteiger partial charge in [0.2, 0.25) is 0 Å². The van der Waals surface area contributed by atoms with Crippen LogP contribution in [0.1, 0.15) is 30.9 Å². The van der Waals surface area contributed by atoms with Crippen LogP contribution in [-0.2, 0) is 13.7 Å². The van der Waals surface area contributed by atoms with E-state index in [4.69, 9.17) is 5.11 Å². The number of hydrogen-bond donors (Lipinski definition) is 1. The molecule has 1 saturated carbocycles. The van der Waals surface area contributed by atoms with Gasteiger partial charge in [0.05, 0.1) is 0 Å². The van der Waals surface area contributed by atoms with Gasteiger partial charge < -0.3 is 9.67 Å². The van der Waals surface area contributed by atoms with Crippen LogP contribution in [0.15, 0.2) is 0 Å². The van der Waals surface area contributed by atoms with Crippen LogP contribution in [0.25, 0.3) is 0 Å². The molecule has 0 aliphatic heterocycles. The molecule has 4 heteroatoms. The van der Waals surface area contributed by atoms with Gasteiger partial charge in [-0.1, -0.05) is 6.92 Å². The molecule has 12 heavy (non-hydrogen) atoms. The fourth-order valence-electron chi connectivity index (χ4n) is 1.52. The van der Waals surface area contributed by atoms with Gasteiger partial charge in [-0.25, -0.2) is 0 Å². The van der Waals surface area contributed by atoms with E-state index in [9.17, 15) is 0 Å². The van der Waals surface area contributed by atoms with Gasteiger partial charge in [0.15, 0.2) is 5.82 Å². The second-order valence-corrected chi connectivity index (χ2v) is 3.51. The Bertz CT molecular complexity index is 294. The molecule has 1 fully saturated rings. The zero-order valence-corrected chi connectivity index (χ0v) is 7.36. The number of hydrogen-bond acceptors (Lipinski definition) is 3. The summed E-state index contributed by atoms with van der Waals surface area (Å²) in [6.45, 7) is 2.18. The maximum Gasteiger partial charge on any atom is 0.158 e. The van der Waals surface area contributed by atoms with Gasteiger partial charge in [0.1, 0.15) is 12.4 Å². The lowest BCUT2D eigenvalue weighted by Gasteiger charge is -1.99. The van der Waals surface area contributed by atoms with Crippen LogP contribution in [0.3, 0.4) is 0 Å². The Morgan fingerprint density at radius 2 is 2.25 bits per heavy atom. The van der Waals surface area contributed by atoms with E-state index in [0.717, 1.165) is 11.7 Å². The monoisotopic (exact) mass is 167 g/mol. The summed E-state index contributed by atoms with van der Waals surface area (Å²) in [5.41, 5.74) is 0. The molecule has 4 nitrogen and oxygen atoms in total. The summed E-state index contributed by atoms with van der Waals surface area (Å²) in [6.07, 6.45) is 1.21. The predicted molar refractivity (Wildman–Crippen MR) is 43.4 cm³/mol. The molecule has 2 atom stereocenters. The number of aliphatic hydroxyl groups is 1. The van der Waals surface area contributed by atoms with Gasteiger partial charge in [-0.3, -0.25) is 0 Å². The third-order valence-electron chi connectivity index (χ3n) is 2.58. The SMILES string of the molecule is CC1CC1c1nnc(CO)n1C. The van der Waals surface area contributed by atoms with Gasteiger partial charge >= 0.3 is 0 Å². The first kappa shape index (κ1) is 7.73. The summed E-state index contributed by atoms with van der Waals surface area (Å²) < 4.78 is 1.90. The summed E-state index contributed by atoms with van der Waals surface area (Å²) in [4.78, 5) is 0. The zero-order chi connectivity index (χ0) is 8.72. The molecule has 0 saturated heterocycles. The third-order valence-corrected chi connectivity index (χ3v) is 2.58. The fourth-order valence-corrected chi connectivity index (χ4v) is 1.52. The average Bonchev–Trinajstić information content (AvgIpc) is 2.63. The number of rotatable bonds is 2. The van der Waals surface area contributed by atoms with E-state index in [0.29, 0.717) is 11.7 Å². The van der Waals surface area contributed by atoms with Crippen LogP contribution < -0.4 is 0 Å². The first-order chi connectivity index (χ1) is 5.74. The van der Waals surface area contributed by atoms with Crippen molar-refractivity contribution in [1.82, 2.24) is 14.8 Å². The van der Waals surface area contributed by atoms with Crippen LogP contribution in [0.4, 0.5) is 0 Å². The summed E-state index contributed by atoms with van der Waals surface area (Å²) >= 11 is 0. The molecule has 1 aliphatic rings. The van der Waals surface area contributed by atoms with E-state index < -0.39 is 0 Å². The van der Waals surface area contributed by atoms with E-state index in [1.807, 2.05) is 11.6 Å². The normalized spacial score (nSPS) is 27.6. The van der Waals surface area contributed by atoms with Crippen molar-refractivity contribution in [3.8, 4) is 0 Å². The van der Waals surface area contributed by atoms with Crippen molar-refractivity contribution in [1.29, 1.82) is 0 Å². The molecule has 1 aliphatic carbocycles. The first-order valence-electron chi connectivity index (χ1n) is 4.23. The van der Waals surface area contributed by atoms with E-state index in [1.54, 1.807) is 0 Å². The minimum Gasteiger partial charge on any atom is -0.388 e. The first-order valence-corrected chi connectivity index (χ1v) is 4.23. The van der Waals surface area contributed by atoms with Crippen molar-refractivity contribution in [2.45, 2.75) is 25.9 Å². The molecule has 1 N–H and O–H groups in total. The zero-order valence-electron chi connectivity index (χ0n) is 7.36. The Morgan fingerprint density at radius 3 is 2.67 bits per heavy atom. The largest absolute Gasteiger partial charge is 0.388 e. The Kier molecular flexibility index (Phi) is 1.65. The Morgan fingerprint density at radius 1 is 1.58 bits per heavy atom. The molecule has 0 bridgehead atoms. The van der Waals surface area contributed by atoms with Crippen molar-refractivity contribution in [3.05, 3.63) is 11.6 Å². The number of nitrogens with zero attached hydrogens (tertiary/aromatic N) is 3. The molecule has 0 radical (unpaired) electrons. The molecular weight excluding hydrogens is 154 g/mol. The molecule has 0 amide bonds. The molecule has 1 heterocycles. The second kappa shape index (κ2) is 2.55. The fraction of sp³-hybridized carbons (Fsp3) is 0.750.